The predicted octanol–water partition coefficient (Wildman–Crippen LogP) is 2.51. The molecule has 5 nitrogen and oxygen atoms in total. The average molecular weight is 284 g/mol. The van der Waals surface area contributed by atoms with E-state index >= 15 is 0 Å². The van der Waals surface area contributed by atoms with Gasteiger partial charge in [-0.05, 0) is 38.0 Å². The van der Waals surface area contributed by atoms with Crippen molar-refractivity contribution in [1.29, 1.82) is 0 Å². The molecule has 0 radical (unpaired) electrons. The molecule has 6 heteroatoms. The van der Waals surface area contributed by atoms with Gasteiger partial charge in [0.05, 0.1) is 6.54 Å². The van der Waals surface area contributed by atoms with E-state index in [1.54, 1.807) is 0 Å². The third-order valence-corrected chi connectivity index (χ3v) is 4.75. The molecule has 1 aliphatic heterocycles. The first-order chi connectivity index (χ1) is 9.07. The van der Waals surface area contributed by atoms with E-state index < -0.39 is 0 Å². The second kappa shape index (κ2) is 6.61. The standard InChI is InChI=1S/C13H24N4OS/c1-10(2)7-14-8-11-16-17-12(18-11)15-9-13(3)5-4-6-19-13/h10,14H,4-9H2,1-3H3,(H,15,17). The average Bonchev–Trinajstić information content (AvgIpc) is 2.96. The van der Waals surface area contributed by atoms with Gasteiger partial charge in [-0.3, -0.25) is 0 Å². The Kier molecular flexibility index (Phi) is 5.10. The van der Waals surface area contributed by atoms with Gasteiger partial charge < -0.3 is 15.1 Å². The molecule has 2 N–H and O–H groups in total. The fraction of sp³-hybridized carbons (Fsp3) is 0.846. The van der Waals surface area contributed by atoms with Crippen molar-refractivity contribution in [3.05, 3.63) is 5.89 Å². The highest BCUT2D eigenvalue weighted by atomic mass is 32.2. The van der Waals surface area contributed by atoms with Gasteiger partial charge in [0.15, 0.2) is 0 Å². The third kappa shape index (κ3) is 4.69. The van der Waals surface area contributed by atoms with Crippen LogP contribution in [0.1, 0.15) is 39.5 Å². The van der Waals surface area contributed by atoms with Crippen LogP contribution in [-0.4, -0.2) is 33.8 Å². The highest BCUT2D eigenvalue weighted by molar-refractivity contribution is 8.00. The van der Waals surface area contributed by atoms with Gasteiger partial charge in [-0.25, -0.2) is 0 Å². The van der Waals surface area contributed by atoms with E-state index in [1.807, 2.05) is 11.8 Å². The minimum absolute atomic E-state index is 0.310. The predicted molar refractivity (Wildman–Crippen MR) is 79.4 cm³/mol. The maximum absolute atomic E-state index is 5.57. The first kappa shape index (κ1) is 14.7. The quantitative estimate of drug-likeness (QED) is 0.802. The summed E-state index contributed by atoms with van der Waals surface area (Å²) in [5.41, 5.74) is 0. The zero-order chi connectivity index (χ0) is 13.7. The Balaban J connectivity index is 1.74. The Hall–Kier alpha value is -0.750. The number of nitrogens with zero attached hydrogens (tertiary/aromatic N) is 2. The zero-order valence-corrected chi connectivity index (χ0v) is 12.8. The van der Waals surface area contributed by atoms with Gasteiger partial charge in [0, 0.05) is 11.3 Å². The number of aromatic nitrogens is 2. The van der Waals surface area contributed by atoms with Crippen LogP contribution in [0, 0.1) is 5.92 Å². The zero-order valence-electron chi connectivity index (χ0n) is 12.0. The van der Waals surface area contributed by atoms with E-state index in [0.29, 0.717) is 29.1 Å². The van der Waals surface area contributed by atoms with Crippen LogP contribution < -0.4 is 10.6 Å². The number of hydrogen-bond donors (Lipinski definition) is 2. The van der Waals surface area contributed by atoms with Crippen LogP contribution in [0.2, 0.25) is 0 Å². The molecular formula is C13H24N4OS. The van der Waals surface area contributed by atoms with Gasteiger partial charge in [0.25, 0.3) is 0 Å². The van der Waals surface area contributed by atoms with Gasteiger partial charge in [-0.15, -0.1) is 5.10 Å². The van der Waals surface area contributed by atoms with Crippen molar-refractivity contribution in [1.82, 2.24) is 15.5 Å². The minimum Gasteiger partial charge on any atom is -0.407 e. The van der Waals surface area contributed by atoms with E-state index in [2.05, 4.69) is 41.6 Å². The van der Waals surface area contributed by atoms with Gasteiger partial charge in [-0.1, -0.05) is 18.9 Å². The first-order valence-corrected chi connectivity index (χ1v) is 7.97. The van der Waals surface area contributed by atoms with E-state index in [9.17, 15) is 0 Å². The SMILES string of the molecule is CC(C)CNCc1nnc(NCC2(C)CCCS2)o1. The lowest BCUT2D eigenvalue weighted by Crippen LogP contribution is -2.27. The van der Waals surface area contributed by atoms with E-state index in [-0.39, 0.29) is 0 Å². The van der Waals surface area contributed by atoms with Gasteiger partial charge in [0.2, 0.25) is 5.89 Å². The molecule has 1 aromatic heterocycles. The Labute approximate surface area is 119 Å². The van der Waals surface area contributed by atoms with Gasteiger partial charge >= 0.3 is 6.01 Å². The lowest BCUT2D eigenvalue weighted by atomic mass is 10.1. The summed E-state index contributed by atoms with van der Waals surface area (Å²) in [6.07, 6.45) is 2.55. The number of thioether (sulfide) groups is 1. The molecule has 1 atom stereocenters. The minimum atomic E-state index is 0.310. The van der Waals surface area contributed by atoms with Gasteiger partial charge in [-0.2, -0.15) is 11.8 Å². The number of hydrogen-bond acceptors (Lipinski definition) is 6. The van der Waals surface area contributed by atoms with Crippen LogP contribution in [0.5, 0.6) is 0 Å². The number of rotatable bonds is 7. The van der Waals surface area contributed by atoms with Crippen LogP contribution >= 0.6 is 11.8 Å². The van der Waals surface area contributed by atoms with Gasteiger partial charge in [0.1, 0.15) is 0 Å². The molecule has 108 valence electrons. The molecule has 0 spiro atoms. The summed E-state index contributed by atoms with van der Waals surface area (Å²) in [5.74, 6) is 2.53. The Bertz CT molecular complexity index is 388. The van der Waals surface area contributed by atoms with Crippen molar-refractivity contribution in [3.63, 3.8) is 0 Å². The smallest absolute Gasteiger partial charge is 0.315 e. The second-order valence-corrected chi connectivity index (χ2v) is 7.46. The molecule has 1 aliphatic rings. The summed E-state index contributed by atoms with van der Waals surface area (Å²) in [6.45, 7) is 9.12. The summed E-state index contributed by atoms with van der Waals surface area (Å²) >= 11 is 2.02. The molecule has 0 saturated carbocycles. The molecule has 1 aromatic rings. The van der Waals surface area contributed by atoms with Crippen molar-refractivity contribution >= 4 is 17.8 Å². The van der Waals surface area contributed by atoms with E-state index in [1.165, 1.54) is 18.6 Å². The summed E-state index contributed by atoms with van der Waals surface area (Å²) in [7, 11) is 0. The fourth-order valence-electron chi connectivity index (χ4n) is 2.10. The van der Waals surface area contributed by atoms with Crippen molar-refractivity contribution in [2.75, 3.05) is 24.2 Å². The maximum atomic E-state index is 5.57. The second-order valence-electron chi connectivity index (χ2n) is 5.78. The Morgan fingerprint density at radius 1 is 1.42 bits per heavy atom. The summed E-state index contributed by atoms with van der Waals surface area (Å²) in [4.78, 5) is 0. The maximum Gasteiger partial charge on any atom is 0.315 e. The van der Waals surface area contributed by atoms with E-state index in [0.717, 1.165) is 13.1 Å². The van der Waals surface area contributed by atoms with E-state index in [4.69, 9.17) is 4.42 Å². The lowest BCUT2D eigenvalue weighted by molar-refractivity contribution is 0.457. The van der Waals surface area contributed by atoms with Crippen molar-refractivity contribution in [2.24, 2.45) is 5.92 Å². The third-order valence-electron chi connectivity index (χ3n) is 3.21. The Morgan fingerprint density at radius 2 is 2.26 bits per heavy atom. The molecule has 1 unspecified atom stereocenters. The summed E-state index contributed by atoms with van der Waals surface area (Å²) in [5, 5.41) is 14.6. The largest absolute Gasteiger partial charge is 0.407 e. The fourth-order valence-corrected chi connectivity index (χ4v) is 3.35. The number of anilines is 1. The van der Waals surface area contributed by atoms with Crippen molar-refractivity contribution in [3.8, 4) is 0 Å². The van der Waals surface area contributed by atoms with Crippen LogP contribution in [0.3, 0.4) is 0 Å². The molecule has 1 fully saturated rings. The summed E-state index contributed by atoms with van der Waals surface area (Å²) in [6, 6.07) is 0.537. The molecule has 2 heterocycles. The molecule has 0 aromatic carbocycles. The molecule has 0 aliphatic carbocycles. The van der Waals surface area contributed by atoms with Crippen LogP contribution in [0.15, 0.2) is 4.42 Å². The Morgan fingerprint density at radius 3 is 2.95 bits per heavy atom. The monoisotopic (exact) mass is 284 g/mol. The lowest BCUT2D eigenvalue weighted by Gasteiger charge is -2.21. The van der Waals surface area contributed by atoms with Crippen LogP contribution in [0.4, 0.5) is 6.01 Å². The molecule has 19 heavy (non-hydrogen) atoms. The molecule has 0 bridgehead atoms. The van der Waals surface area contributed by atoms with Crippen molar-refractivity contribution in [2.45, 2.75) is 44.9 Å². The van der Waals surface area contributed by atoms with Crippen molar-refractivity contribution < 1.29 is 4.42 Å². The van der Waals surface area contributed by atoms with Crippen LogP contribution in [0.25, 0.3) is 0 Å². The highest BCUT2D eigenvalue weighted by Gasteiger charge is 2.29. The molecule has 0 amide bonds. The summed E-state index contributed by atoms with van der Waals surface area (Å²) < 4.78 is 5.88. The molecule has 2 rings (SSSR count). The normalized spacial score (nSPS) is 23.2. The topological polar surface area (TPSA) is 63.0 Å². The number of nitrogens with one attached hydrogen (secondary N) is 2. The molecular weight excluding hydrogens is 260 g/mol. The highest BCUT2D eigenvalue weighted by Crippen LogP contribution is 2.37. The van der Waals surface area contributed by atoms with Crippen LogP contribution in [-0.2, 0) is 6.54 Å². The first-order valence-electron chi connectivity index (χ1n) is 6.98. The molecule has 1 saturated heterocycles.